The van der Waals surface area contributed by atoms with Gasteiger partial charge in [0.15, 0.2) is 0 Å². The van der Waals surface area contributed by atoms with Crippen LogP contribution in [0.5, 0.6) is 11.5 Å². The number of aromatic nitrogens is 3. The number of ether oxygens (including phenoxy) is 1. The van der Waals surface area contributed by atoms with Crippen LogP contribution in [0.1, 0.15) is 40.0 Å². The minimum Gasteiger partial charge on any atom is -0.458 e. The van der Waals surface area contributed by atoms with Crippen molar-refractivity contribution in [3.63, 3.8) is 0 Å². The van der Waals surface area contributed by atoms with Crippen LogP contribution in [0, 0.1) is 6.33 Å². The second kappa shape index (κ2) is 15.1. The lowest BCUT2D eigenvalue weighted by atomic mass is 9.88. The molecule has 0 atom stereocenters. The lowest BCUT2D eigenvalue weighted by Crippen LogP contribution is -2.31. The number of fused-ring (bicyclic) bond motifs is 1. The van der Waals surface area contributed by atoms with Crippen molar-refractivity contribution in [2.75, 3.05) is 4.90 Å². The first-order chi connectivity index (χ1) is 32.0. The number of nitrogens with zero attached hydrogens (tertiary/aromatic N) is 4. The normalized spacial score (nSPS) is 13.9. The van der Waals surface area contributed by atoms with Crippen LogP contribution in [0.25, 0.3) is 44.7 Å². The monoisotopic (exact) mass is 748 g/mol. The molecule has 0 spiro atoms. The summed E-state index contributed by atoms with van der Waals surface area (Å²) in [5, 5.41) is 0. The molecule has 0 saturated heterocycles. The predicted octanol–water partition coefficient (Wildman–Crippen LogP) is 13.0. The molecule has 0 unspecified atom stereocenters. The van der Waals surface area contributed by atoms with Crippen molar-refractivity contribution in [1.29, 1.82) is 0 Å². The van der Waals surface area contributed by atoms with Gasteiger partial charge in [-0.1, -0.05) is 154 Å². The third-order valence-electron chi connectivity index (χ3n) is 9.60. The minimum atomic E-state index is -0.567. The van der Waals surface area contributed by atoms with Crippen molar-refractivity contribution >= 4 is 28.2 Å². The highest BCUT2D eigenvalue weighted by atomic mass is 16.5. The van der Waals surface area contributed by atoms with Crippen molar-refractivity contribution in [2.24, 2.45) is 0 Å². The van der Waals surface area contributed by atoms with Gasteiger partial charge in [0.05, 0.1) is 41.8 Å². The quantitative estimate of drug-likeness (QED) is 0.109. The summed E-state index contributed by atoms with van der Waals surface area (Å²) in [5.41, 5.74) is 4.87. The first kappa shape index (κ1) is 25.8. The molecule has 2 aromatic heterocycles. The van der Waals surface area contributed by atoms with Crippen molar-refractivity contribution in [3.05, 3.63) is 212 Å². The van der Waals surface area contributed by atoms with Gasteiger partial charge < -0.3 is 4.74 Å². The molecule has 2 heterocycles. The molecule has 0 saturated carbocycles. The van der Waals surface area contributed by atoms with Crippen LogP contribution in [-0.4, -0.2) is 9.55 Å². The summed E-state index contributed by atoms with van der Waals surface area (Å²) in [4.78, 5) is 6.87. The number of hydrogen-bond donors (Lipinski definition) is 0. The van der Waals surface area contributed by atoms with Crippen LogP contribution in [0.15, 0.2) is 200 Å². The molecule has 0 bridgehead atoms. The molecule has 276 valence electrons. The highest BCUT2D eigenvalue weighted by Crippen LogP contribution is 2.38. The Kier molecular flexibility index (Phi) is 6.84. The molecule has 9 aromatic rings. The molecule has 0 aliphatic rings. The van der Waals surface area contributed by atoms with Gasteiger partial charge in [0.1, 0.15) is 17.3 Å². The summed E-state index contributed by atoms with van der Waals surface area (Å²) in [6.45, 7) is 6.50. The topological polar surface area (TPSA) is 34.2 Å². The van der Waals surface area contributed by atoms with Gasteiger partial charge in [0.2, 0.25) is 0 Å². The van der Waals surface area contributed by atoms with Crippen LogP contribution < -0.4 is 14.2 Å². The van der Waals surface area contributed by atoms with E-state index in [-0.39, 0.29) is 33.4 Å². The van der Waals surface area contributed by atoms with Crippen molar-refractivity contribution < 1.29 is 23.0 Å². The SMILES string of the molecule is [2H]c1c([2H])c([2H])c(-c2cccc(-c3c([2H])c([2H])c([2H])c([2H])c3[2H])c2-[n+]2[c-]n(-c3cccc(Oc4cccc(N(c5ccccc5)c5cc(C(C)(C)C)ccn5)c4)c3)c3ccccc32)c([2H])c1[2H]. The number of anilines is 3. The van der Waals surface area contributed by atoms with Crippen LogP contribution in [0.3, 0.4) is 0 Å². The number of benzene rings is 7. The van der Waals surface area contributed by atoms with E-state index in [9.17, 15) is 0 Å². The van der Waals surface area contributed by atoms with Crippen molar-refractivity contribution in [2.45, 2.75) is 26.2 Å². The van der Waals surface area contributed by atoms with E-state index in [1.165, 1.54) is 0 Å². The van der Waals surface area contributed by atoms with Gasteiger partial charge in [0, 0.05) is 18.0 Å². The predicted molar refractivity (Wildman–Crippen MR) is 232 cm³/mol. The maximum atomic E-state index is 8.99. The van der Waals surface area contributed by atoms with Gasteiger partial charge in [-0.3, -0.25) is 14.0 Å². The molecular formula is C52H42N4O. The molecule has 5 nitrogen and oxygen atoms in total. The molecule has 0 radical (unpaired) electrons. The summed E-state index contributed by atoms with van der Waals surface area (Å²) in [7, 11) is 0. The summed E-state index contributed by atoms with van der Waals surface area (Å²) < 4.78 is 96.7. The first-order valence-corrected chi connectivity index (χ1v) is 18.5. The Balaban J connectivity index is 1.19. The summed E-state index contributed by atoms with van der Waals surface area (Å²) >= 11 is 0. The van der Waals surface area contributed by atoms with E-state index in [2.05, 4.69) is 38.1 Å². The number of para-hydroxylation sites is 4. The van der Waals surface area contributed by atoms with E-state index < -0.39 is 60.4 Å². The third kappa shape index (κ3) is 7.19. The van der Waals surface area contributed by atoms with E-state index in [0.29, 0.717) is 28.2 Å². The van der Waals surface area contributed by atoms with Crippen molar-refractivity contribution in [3.8, 4) is 45.1 Å². The van der Waals surface area contributed by atoms with E-state index in [1.807, 2.05) is 115 Å². The van der Waals surface area contributed by atoms with E-state index in [0.717, 1.165) is 22.8 Å². The minimum absolute atomic E-state index is 0.0991. The van der Waals surface area contributed by atoms with Crippen molar-refractivity contribution in [1.82, 2.24) is 9.55 Å². The highest BCUT2D eigenvalue weighted by molar-refractivity contribution is 5.85. The zero-order valence-corrected chi connectivity index (χ0v) is 31.5. The van der Waals surface area contributed by atoms with Crippen LogP contribution in [0.4, 0.5) is 17.2 Å². The standard InChI is InChI=1S/C52H42N4O/c1-52(2,3)40-32-33-53-50(34-40)56(41-22-11-6-12-23-41)43-25-16-27-45(36-43)57-44-26-15-24-42(35-44)54-37-55(49-31-14-13-30-48(49)54)51-46(38-18-7-4-8-19-38)28-17-29-47(51)39-20-9-5-10-21-39/h4-36H,1-3H3/i4D,5D,7D,8D,9D,10D,18D,19D,20D,21D. The Hall–Kier alpha value is -7.24. The average Bonchev–Trinajstić information content (AvgIpc) is 3.71. The molecule has 0 fully saturated rings. The second-order valence-electron chi connectivity index (χ2n) is 14.4. The number of imidazole rings is 1. The molecule has 0 amide bonds. The number of rotatable bonds is 9. The maximum absolute atomic E-state index is 8.99. The number of hydrogen-bond acceptors (Lipinski definition) is 3. The zero-order valence-electron chi connectivity index (χ0n) is 41.5. The summed E-state index contributed by atoms with van der Waals surface area (Å²) in [6, 6.07) is 36.2. The summed E-state index contributed by atoms with van der Waals surface area (Å²) in [6.07, 6.45) is 5.25. The Bertz CT molecular complexity index is 3260. The molecule has 57 heavy (non-hydrogen) atoms. The molecule has 5 heteroatoms. The lowest BCUT2D eigenvalue weighted by Gasteiger charge is -2.27. The number of pyridine rings is 1. The van der Waals surface area contributed by atoms with Crippen LogP contribution in [0.2, 0.25) is 0 Å². The first-order valence-electron chi connectivity index (χ1n) is 23.5. The Morgan fingerprint density at radius 1 is 0.632 bits per heavy atom. The van der Waals surface area contributed by atoms with E-state index in [4.69, 9.17) is 23.4 Å². The fourth-order valence-electron chi connectivity index (χ4n) is 6.88. The zero-order chi connectivity index (χ0) is 47.5. The fraction of sp³-hybridized carbons (Fsp3) is 0.0769. The average molecular weight is 749 g/mol. The van der Waals surface area contributed by atoms with Crippen LogP contribution >= 0.6 is 0 Å². The molecule has 9 rings (SSSR count). The van der Waals surface area contributed by atoms with Gasteiger partial charge in [-0.2, -0.15) is 0 Å². The molecule has 7 aromatic carbocycles. The van der Waals surface area contributed by atoms with E-state index >= 15 is 0 Å². The van der Waals surface area contributed by atoms with E-state index in [1.54, 1.807) is 27.3 Å². The highest BCUT2D eigenvalue weighted by Gasteiger charge is 2.21. The second-order valence-corrected chi connectivity index (χ2v) is 14.4. The van der Waals surface area contributed by atoms with Gasteiger partial charge in [-0.25, -0.2) is 4.98 Å². The summed E-state index contributed by atoms with van der Waals surface area (Å²) in [5.74, 6) is 1.82. The third-order valence-corrected chi connectivity index (χ3v) is 9.60. The Morgan fingerprint density at radius 2 is 1.25 bits per heavy atom. The molecule has 0 aliphatic heterocycles. The van der Waals surface area contributed by atoms with Gasteiger partial charge in [-0.15, -0.1) is 0 Å². The van der Waals surface area contributed by atoms with Gasteiger partial charge in [0.25, 0.3) is 6.33 Å². The van der Waals surface area contributed by atoms with Gasteiger partial charge >= 0.3 is 0 Å². The smallest absolute Gasteiger partial charge is 0.269 e. The largest absolute Gasteiger partial charge is 0.458 e. The fourth-order valence-corrected chi connectivity index (χ4v) is 6.88. The molecule has 0 N–H and O–H groups in total. The molecular weight excluding hydrogens is 697 g/mol. The lowest BCUT2D eigenvalue weighted by molar-refractivity contribution is -0.571. The molecule has 0 aliphatic carbocycles. The maximum Gasteiger partial charge on any atom is 0.269 e. The Labute approximate surface area is 348 Å². The van der Waals surface area contributed by atoms with Gasteiger partial charge in [-0.05, 0) is 87.8 Å². The van der Waals surface area contributed by atoms with Crippen LogP contribution in [-0.2, 0) is 5.41 Å². The Morgan fingerprint density at radius 3 is 1.95 bits per heavy atom.